The zero-order valence-corrected chi connectivity index (χ0v) is 53.8. The molecule has 0 saturated carbocycles. The molecule has 18 nitrogen and oxygen atoms in total. The molecule has 474 valence electrons. The largest absolute Gasteiger partial charge is 0.493 e. The molecule has 0 bridgehead atoms. The smallest absolute Gasteiger partial charge is 0.329 e. The van der Waals surface area contributed by atoms with Crippen LogP contribution in [0.1, 0.15) is 121 Å². The number of carbonyl (C=O) groups excluding carboxylic acids is 4. The zero-order valence-electron chi connectivity index (χ0n) is 53.0. The minimum absolute atomic E-state index is 0.0472. The third kappa shape index (κ3) is 16.7. The minimum atomic E-state index is -0.766. The van der Waals surface area contributed by atoms with Crippen molar-refractivity contribution in [3.63, 3.8) is 0 Å². The molecule has 2 N–H and O–H groups in total. The molecule has 9 rings (SSSR count). The number of aromatic nitrogens is 3. The van der Waals surface area contributed by atoms with Gasteiger partial charge in [-0.3, -0.25) is 19.3 Å². The van der Waals surface area contributed by atoms with Crippen molar-refractivity contribution >= 4 is 46.3 Å². The number of aryl methyl sites for hydroxylation is 8. The molecule has 2 aliphatic heterocycles. The number of benzene rings is 5. The number of ether oxygens (including phenoxy) is 6. The maximum atomic E-state index is 14.5. The predicted molar refractivity (Wildman–Crippen MR) is 343 cm³/mol. The van der Waals surface area contributed by atoms with E-state index < -0.39 is 29.9 Å². The van der Waals surface area contributed by atoms with E-state index in [0.717, 1.165) is 107 Å². The number of carbonyl (C=O) groups is 4. The second kappa shape index (κ2) is 31.0. The highest BCUT2D eigenvalue weighted by atomic mass is 35.5. The van der Waals surface area contributed by atoms with Crippen molar-refractivity contribution in [2.75, 3.05) is 73.4 Å². The summed E-state index contributed by atoms with van der Waals surface area (Å²) in [5.41, 5.74) is 11.7. The maximum Gasteiger partial charge on any atom is 0.329 e. The van der Waals surface area contributed by atoms with E-state index in [1.165, 1.54) is 11.1 Å². The summed E-state index contributed by atoms with van der Waals surface area (Å²) >= 11 is 6.78. The van der Waals surface area contributed by atoms with Gasteiger partial charge in [-0.2, -0.15) is 0 Å². The fraction of sp³-hybridized carbons (Fsp3) is 0.457. The molecule has 4 heterocycles. The molecule has 89 heavy (non-hydrogen) atoms. The van der Waals surface area contributed by atoms with Gasteiger partial charge in [0.1, 0.15) is 41.8 Å². The number of nitrogens with zero attached hydrogens (tertiary/aromatic N) is 5. The van der Waals surface area contributed by atoms with Crippen LogP contribution in [0, 0.1) is 34.6 Å². The lowest BCUT2D eigenvalue weighted by atomic mass is 9.91. The standard InChI is InChI=1S/C70H86ClN7O11/c1-10-56(54-37-46(4)68(84-9)63(41-54)83-8)69(81)77-30-12-11-16-60(77)70(82)88-61(24-19-50-18-17-44(2)45(3)36-50)52-14-13-15-55(39-52)87-43-66(80)72-28-27-65(79)73-29-33-86-62-25-20-51(38-57(62)71)21-26-64-74-58-40-53(67-48(6)75-89-49(67)7)22-23-59(58)78(64)42-47(5)76-31-34-85-35-32-76/h13-15,17-18,20,22-23,25,36-41,47,56,60-61H,10-12,16,19,21,24,26-35,42-43H2,1-9H3,(H,72,80)(H,73,79)/t47-,56-,60-,61+/m0/s1. The number of hydrogen-bond donors (Lipinski definition) is 2. The van der Waals surface area contributed by atoms with E-state index in [0.29, 0.717) is 78.7 Å². The molecule has 0 spiro atoms. The van der Waals surface area contributed by atoms with E-state index in [9.17, 15) is 19.2 Å². The van der Waals surface area contributed by atoms with E-state index in [1.54, 1.807) is 37.3 Å². The molecule has 7 aromatic rings. The van der Waals surface area contributed by atoms with Crippen LogP contribution in [0.2, 0.25) is 5.02 Å². The van der Waals surface area contributed by atoms with Crippen LogP contribution in [0.15, 0.2) is 95.5 Å². The van der Waals surface area contributed by atoms with Gasteiger partial charge >= 0.3 is 5.97 Å². The molecule has 19 heteroatoms. The van der Waals surface area contributed by atoms with Crippen LogP contribution in [-0.2, 0) is 54.5 Å². The van der Waals surface area contributed by atoms with Crippen molar-refractivity contribution in [2.45, 2.75) is 137 Å². The lowest BCUT2D eigenvalue weighted by Gasteiger charge is -2.37. The topological polar surface area (TPSA) is 198 Å². The highest BCUT2D eigenvalue weighted by Gasteiger charge is 2.38. The number of esters is 1. The highest BCUT2D eigenvalue weighted by molar-refractivity contribution is 6.32. The first kappa shape index (κ1) is 65.5. The first-order valence-corrected chi connectivity index (χ1v) is 31.6. The molecular weight excluding hydrogens is 1150 g/mol. The molecule has 0 unspecified atom stereocenters. The van der Waals surface area contributed by atoms with E-state index in [2.05, 4.69) is 82.4 Å². The summed E-state index contributed by atoms with van der Waals surface area (Å²) in [4.78, 5) is 64.2. The molecule has 4 atom stereocenters. The molecule has 0 radical (unpaired) electrons. The SMILES string of the molecule is CC[C@H](C(=O)N1CCCC[C@H]1C(=O)O[C@H](CCc1ccc(C)c(C)c1)c1cccc(OCC(=O)NCCC(=O)NCCOc2ccc(CCc3nc4cc(-c5c(C)noc5C)ccc4n3C[C@H](C)N3CCOCC3)cc2Cl)c1)c1cc(C)c(OC)c(OC)c1. The zero-order chi connectivity index (χ0) is 63.1. The lowest BCUT2D eigenvalue weighted by molar-refractivity contribution is -0.162. The normalized spacial score (nSPS) is 15.5. The average molecular weight is 1240 g/mol. The van der Waals surface area contributed by atoms with Crippen LogP contribution in [0.3, 0.4) is 0 Å². The van der Waals surface area contributed by atoms with Crippen LogP contribution < -0.4 is 29.6 Å². The van der Waals surface area contributed by atoms with Crippen LogP contribution in [0.25, 0.3) is 22.2 Å². The van der Waals surface area contributed by atoms with Crippen molar-refractivity contribution in [3.05, 3.63) is 152 Å². The Morgan fingerprint density at radius 2 is 1.55 bits per heavy atom. The predicted octanol–water partition coefficient (Wildman–Crippen LogP) is 11.3. The Labute approximate surface area is 527 Å². The number of likely N-dealkylation sites (tertiary alicyclic amines) is 1. The summed E-state index contributed by atoms with van der Waals surface area (Å²) in [6.45, 7) is 18.9. The Bertz CT molecular complexity index is 3580. The van der Waals surface area contributed by atoms with Gasteiger partial charge in [0, 0.05) is 57.2 Å². The number of halogens is 1. The van der Waals surface area contributed by atoms with Crippen LogP contribution in [0.4, 0.5) is 0 Å². The van der Waals surface area contributed by atoms with Gasteiger partial charge in [0.15, 0.2) is 18.1 Å². The Morgan fingerprint density at radius 3 is 2.29 bits per heavy atom. The van der Waals surface area contributed by atoms with E-state index in [-0.39, 0.29) is 50.6 Å². The number of fused-ring (bicyclic) bond motifs is 1. The van der Waals surface area contributed by atoms with E-state index in [1.807, 2.05) is 64.1 Å². The third-order valence-corrected chi connectivity index (χ3v) is 17.5. The first-order chi connectivity index (χ1) is 43.0. The minimum Gasteiger partial charge on any atom is -0.493 e. The van der Waals surface area contributed by atoms with Crippen LogP contribution in [-0.4, -0.2) is 134 Å². The molecule has 0 aliphatic carbocycles. The number of amides is 3. The van der Waals surface area contributed by atoms with E-state index in [4.69, 9.17) is 49.5 Å². The number of piperidine rings is 1. The molecule has 2 aromatic heterocycles. The van der Waals surface area contributed by atoms with Crippen LogP contribution >= 0.6 is 11.6 Å². The van der Waals surface area contributed by atoms with Gasteiger partial charge in [-0.25, -0.2) is 9.78 Å². The number of methoxy groups -OCH3 is 2. The summed E-state index contributed by atoms with van der Waals surface area (Å²) < 4.78 is 43.1. The third-order valence-electron chi connectivity index (χ3n) is 17.2. The van der Waals surface area contributed by atoms with Gasteiger partial charge in [0.2, 0.25) is 11.8 Å². The van der Waals surface area contributed by atoms with Gasteiger partial charge in [0.05, 0.1) is 61.6 Å². The summed E-state index contributed by atoms with van der Waals surface area (Å²) in [7, 11) is 3.17. The van der Waals surface area contributed by atoms with Crippen LogP contribution in [0.5, 0.6) is 23.0 Å². The fourth-order valence-corrected chi connectivity index (χ4v) is 12.5. The number of rotatable bonds is 28. The van der Waals surface area contributed by atoms with E-state index >= 15 is 0 Å². The van der Waals surface area contributed by atoms with Crippen molar-refractivity contribution < 1.29 is 52.1 Å². The Kier molecular flexibility index (Phi) is 22.8. The quantitative estimate of drug-likeness (QED) is 0.0347. The molecule has 2 saturated heterocycles. The second-order valence-electron chi connectivity index (χ2n) is 23.4. The first-order valence-electron chi connectivity index (χ1n) is 31.2. The Balaban J connectivity index is 0.745. The molecular formula is C70H86ClN7O11. The average Bonchev–Trinajstić information content (AvgIpc) is 1.77. The van der Waals surface area contributed by atoms with Crippen molar-refractivity contribution in [3.8, 4) is 34.1 Å². The summed E-state index contributed by atoms with van der Waals surface area (Å²) in [5, 5.41) is 10.3. The number of morpholine rings is 1. The summed E-state index contributed by atoms with van der Waals surface area (Å²) in [6.07, 6.45) is 4.42. The maximum absolute atomic E-state index is 14.5. The number of nitrogens with one attached hydrogen (secondary N) is 2. The summed E-state index contributed by atoms with van der Waals surface area (Å²) in [6, 6.07) is 29.1. The molecule has 2 aliphatic rings. The van der Waals surface area contributed by atoms with Gasteiger partial charge in [0.25, 0.3) is 5.91 Å². The molecule has 5 aromatic carbocycles. The fourth-order valence-electron chi connectivity index (χ4n) is 12.2. The summed E-state index contributed by atoms with van der Waals surface area (Å²) in [5.74, 6) is 2.10. The van der Waals surface area contributed by atoms with Crippen molar-refractivity contribution in [1.29, 1.82) is 0 Å². The van der Waals surface area contributed by atoms with Gasteiger partial charge in [-0.1, -0.05) is 72.2 Å². The van der Waals surface area contributed by atoms with Crippen molar-refractivity contribution in [2.24, 2.45) is 0 Å². The lowest BCUT2D eigenvalue weighted by Crippen LogP contribution is -2.50. The molecule has 2 fully saturated rings. The monoisotopic (exact) mass is 1240 g/mol. The second-order valence-corrected chi connectivity index (χ2v) is 23.8. The molecule has 3 amide bonds. The number of imidazole rings is 1. The van der Waals surface area contributed by atoms with Crippen molar-refractivity contribution in [1.82, 2.24) is 35.1 Å². The van der Waals surface area contributed by atoms with Gasteiger partial charge < -0.3 is 53.0 Å². The van der Waals surface area contributed by atoms with Gasteiger partial charge in [-0.15, -0.1) is 0 Å². The number of hydrogen-bond acceptors (Lipinski definition) is 14. The highest BCUT2D eigenvalue weighted by Crippen LogP contribution is 2.38. The Morgan fingerprint density at radius 1 is 0.764 bits per heavy atom. The van der Waals surface area contributed by atoms with Gasteiger partial charge in [-0.05, 0) is 173 Å². The Hall–Kier alpha value is -7.93.